The van der Waals surface area contributed by atoms with Crippen molar-refractivity contribution in [1.29, 1.82) is 0 Å². The molecule has 6 heteroatoms. The number of carbonyl (C=O) groups excluding carboxylic acids is 1. The number of methoxy groups -OCH3 is 3. The molecule has 2 rings (SSSR count). The summed E-state index contributed by atoms with van der Waals surface area (Å²) in [6.07, 6.45) is 2.90. The normalized spacial score (nSPS) is 10.6. The molecule has 1 N–H and O–H groups in total. The minimum atomic E-state index is -0.347. The highest BCUT2D eigenvalue weighted by atomic mass is 19.1. The molecule has 0 heterocycles. The molecular formula is C19H20FNO4. The second kappa shape index (κ2) is 8.73. The van der Waals surface area contributed by atoms with Gasteiger partial charge in [-0.25, -0.2) is 4.39 Å². The first-order chi connectivity index (χ1) is 12.1. The summed E-state index contributed by atoms with van der Waals surface area (Å²) in [6, 6.07) is 9.52. The van der Waals surface area contributed by atoms with Crippen LogP contribution < -0.4 is 19.5 Å². The Morgan fingerprint density at radius 3 is 2.32 bits per heavy atom. The van der Waals surface area contributed by atoms with E-state index in [2.05, 4.69) is 5.32 Å². The van der Waals surface area contributed by atoms with Crippen LogP contribution >= 0.6 is 0 Å². The fraction of sp³-hybridized carbons (Fsp3) is 0.211. The van der Waals surface area contributed by atoms with Gasteiger partial charge in [0.2, 0.25) is 11.7 Å². The van der Waals surface area contributed by atoms with Gasteiger partial charge in [0.15, 0.2) is 11.5 Å². The first kappa shape index (κ1) is 18.3. The number of amides is 1. The van der Waals surface area contributed by atoms with Crippen molar-refractivity contribution in [2.45, 2.75) is 6.54 Å². The molecule has 0 aliphatic heterocycles. The largest absolute Gasteiger partial charge is 0.493 e. The van der Waals surface area contributed by atoms with Gasteiger partial charge in [0.25, 0.3) is 0 Å². The first-order valence-corrected chi connectivity index (χ1v) is 7.57. The van der Waals surface area contributed by atoms with Crippen LogP contribution in [0.1, 0.15) is 11.1 Å². The molecule has 2 aromatic carbocycles. The lowest BCUT2D eigenvalue weighted by Gasteiger charge is -2.14. The SMILES string of the molecule is COc1cc(CNC(=O)/C=C/c2cccc(F)c2)cc(OC)c1OC. The maximum atomic E-state index is 13.1. The maximum Gasteiger partial charge on any atom is 0.244 e. The maximum absolute atomic E-state index is 13.1. The number of halogens is 1. The van der Waals surface area contributed by atoms with Crippen molar-refractivity contribution in [2.24, 2.45) is 0 Å². The summed E-state index contributed by atoms with van der Waals surface area (Å²) in [6.45, 7) is 0.281. The summed E-state index contributed by atoms with van der Waals surface area (Å²) >= 11 is 0. The topological polar surface area (TPSA) is 56.8 Å². The Morgan fingerprint density at radius 1 is 1.08 bits per heavy atom. The summed E-state index contributed by atoms with van der Waals surface area (Å²) in [5, 5.41) is 2.75. The predicted molar refractivity (Wildman–Crippen MR) is 93.4 cm³/mol. The van der Waals surface area contributed by atoms with Gasteiger partial charge in [-0.3, -0.25) is 4.79 Å². The minimum Gasteiger partial charge on any atom is -0.493 e. The Morgan fingerprint density at radius 2 is 1.76 bits per heavy atom. The molecule has 132 valence electrons. The summed E-state index contributed by atoms with van der Waals surface area (Å²) < 4.78 is 28.9. The van der Waals surface area contributed by atoms with Gasteiger partial charge in [-0.05, 0) is 41.5 Å². The van der Waals surface area contributed by atoms with E-state index in [1.54, 1.807) is 30.3 Å². The minimum absolute atomic E-state index is 0.281. The molecule has 0 aromatic heterocycles. The van der Waals surface area contributed by atoms with E-state index in [0.29, 0.717) is 22.8 Å². The summed E-state index contributed by atoms with van der Waals surface area (Å²) in [5.74, 6) is 0.881. The lowest BCUT2D eigenvalue weighted by Crippen LogP contribution is -2.20. The number of hydrogen-bond acceptors (Lipinski definition) is 4. The lowest BCUT2D eigenvalue weighted by atomic mass is 10.1. The Hall–Kier alpha value is -3.02. The Balaban J connectivity index is 2.04. The standard InChI is InChI=1S/C19H20FNO4/c1-23-16-10-14(11-17(24-2)19(16)25-3)12-21-18(22)8-7-13-5-4-6-15(20)9-13/h4-11H,12H2,1-3H3,(H,21,22)/b8-7+. The van der Waals surface area contributed by atoms with Crippen LogP contribution in [0.2, 0.25) is 0 Å². The molecule has 5 nitrogen and oxygen atoms in total. The zero-order valence-corrected chi connectivity index (χ0v) is 14.3. The highest BCUT2D eigenvalue weighted by Gasteiger charge is 2.13. The monoisotopic (exact) mass is 345 g/mol. The van der Waals surface area contributed by atoms with Crippen LogP contribution in [-0.2, 0) is 11.3 Å². The molecule has 0 saturated heterocycles. The molecule has 0 radical (unpaired) electrons. The van der Waals surface area contributed by atoms with Crippen molar-refractivity contribution < 1.29 is 23.4 Å². The van der Waals surface area contributed by atoms with Crippen molar-refractivity contribution in [1.82, 2.24) is 5.32 Å². The molecule has 0 unspecified atom stereocenters. The Bertz CT molecular complexity index is 749. The molecule has 0 fully saturated rings. The van der Waals surface area contributed by atoms with E-state index in [-0.39, 0.29) is 18.3 Å². The van der Waals surface area contributed by atoms with Crippen LogP contribution in [0.25, 0.3) is 6.08 Å². The second-order valence-electron chi connectivity index (χ2n) is 5.14. The molecule has 0 bridgehead atoms. The van der Waals surface area contributed by atoms with Crippen LogP contribution in [-0.4, -0.2) is 27.2 Å². The van der Waals surface area contributed by atoms with E-state index in [9.17, 15) is 9.18 Å². The lowest BCUT2D eigenvalue weighted by molar-refractivity contribution is -0.116. The summed E-state index contributed by atoms with van der Waals surface area (Å²) in [4.78, 5) is 11.9. The number of hydrogen-bond donors (Lipinski definition) is 1. The van der Waals surface area contributed by atoms with E-state index < -0.39 is 0 Å². The van der Waals surface area contributed by atoms with Crippen molar-refractivity contribution in [3.8, 4) is 17.2 Å². The Labute approximate surface area is 146 Å². The highest BCUT2D eigenvalue weighted by molar-refractivity contribution is 5.91. The predicted octanol–water partition coefficient (Wildman–Crippen LogP) is 3.18. The average molecular weight is 345 g/mol. The zero-order valence-electron chi connectivity index (χ0n) is 14.3. The van der Waals surface area contributed by atoms with Crippen LogP contribution in [0.5, 0.6) is 17.2 Å². The summed E-state index contributed by atoms with van der Waals surface area (Å²) in [5.41, 5.74) is 1.41. The quantitative estimate of drug-likeness (QED) is 0.783. The van der Waals surface area contributed by atoms with Crippen molar-refractivity contribution in [2.75, 3.05) is 21.3 Å². The molecular weight excluding hydrogens is 325 g/mol. The van der Waals surface area contributed by atoms with E-state index in [1.165, 1.54) is 39.5 Å². The molecule has 0 atom stereocenters. The molecule has 0 spiro atoms. The molecule has 2 aromatic rings. The smallest absolute Gasteiger partial charge is 0.244 e. The molecule has 0 saturated carbocycles. The number of carbonyl (C=O) groups is 1. The fourth-order valence-electron chi connectivity index (χ4n) is 2.27. The third-order valence-corrected chi connectivity index (χ3v) is 3.47. The van der Waals surface area contributed by atoms with E-state index in [4.69, 9.17) is 14.2 Å². The van der Waals surface area contributed by atoms with Crippen LogP contribution in [0.3, 0.4) is 0 Å². The van der Waals surface area contributed by atoms with Crippen LogP contribution in [0.4, 0.5) is 4.39 Å². The molecule has 1 amide bonds. The van der Waals surface area contributed by atoms with Gasteiger partial charge in [0, 0.05) is 12.6 Å². The van der Waals surface area contributed by atoms with Crippen LogP contribution in [0, 0.1) is 5.82 Å². The third kappa shape index (κ3) is 4.97. The average Bonchev–Trinajstić information content (AvgIpc) is 2.63. The van der Waals surface area contributed by atoms with Gasteiger partial charge < -0.3 is 19.5 Å². The van der Waals surface area contributed by atoms with Gasteiger partial charge in [0.05, 0.1) is 21.3 Å². The first-order valence-electron chi connectivity index (χ1n) is 7.57. The number of rotatable bonds is 7. The second-order valence-corrected chi connectivity index (χ2v) is 5.14. The van der Waals surface area contributed by atoms with E-state index >= 15 is 0 Å². The van der Waals surface area contributed by atoms with Crippen LogP contribution in [0.15, 0.2) is 42.5 Å². The van der Waals surface area contributed by atoms with E-state index in [0.717, 1.165) is 5.56 Å². The van der Waals surface area contributed by atoms with Crippen molar-refractivity contribution in [3.05, 3.63) is 59.4 Å². The van der Waals surface area contributed by atoms with Gasteiger partial charge >= 0.3 is 0 Å². The van der Waals surface area contributed by atoms with Gasteiger partial charge in [-0.1, -0.05) is 12.1 Å². The van der Waals surface area contributed by atoms with Gasteiger partial charge in [0.1, 0.15) is 5.82 Å². The van der Waals surface area contributed by atoms with Gasteiger partial charge in [-0.2, -0.15) is 0 Å². The van der Waals surface area contributed by atoms with Crippen molar-refractivity contribution >= 4 is 12.0 Å². The number of nitrogens with one attached hydrogen (secondary N) is 1. The highest BCUT2D eigenvalue weighted by Crippen LogP contribution is 2.38. The summed E-state index contributed by atoms with van der Waals surface area (Å²) in [7, 11) is 4.59. The molecule has 0 aliphatic rings. The molecule has 25 heavy (non-hydrogen) atoms. The van der Waals surface area contributed by atoms with Crippen molar-refractivity contribution in [3.63, 3.8) is 0 Å². The third-order valence-electron chi connectivity index (χ3n) is 3.47. The Kier molecular flexibility index (Phi) is 6.39. The van der Waals surface area contributed by atoms with E-state index in [1.807, 2.05) is 0 Å². The number of benzene rings is 2. The van der Waals surface area contributed by atoms with Gasteiger partial charge in [-0.15, -0.1) is 0 Å². The molecule has 0 aliphatic carbocycles. The number of ether oxygens (including phenoxy) is 3. The fourth-order valence-corrected chi connectivity index (χ4v) is 2.27. The zero-order chi connectivity index (χ0) is 18.2.